The molecule has 1 atom stereocenters. The fourth-order valence-corrected chi connectivity index (χ4v) is 3.84. The Balaban J connectivity index is 2.19. The summed E-state index contributed by atoms with van der Waals surface area (Å²) in [6, 6.07) is 7.90. The topological polar surface area (TPSA) is 47.6 Å². The molecule has 4 nitrogen and oxygen atoms in total. The predicted molar refractivity (Wildman–Crippen MR) is 73.9 cm³/mol. The van der Waals surface area contributed by atoms with Crippen molar-refractivity contribution < 1.29 is 14.3 Å². The summed E-state index contributed by atoms with van der Waals surface area (Å²) in [4.78, 5) is 12.3. The van der Waals surface area contributed by atoms with Crippen LogP contribution in [-0.2, 0) is 14.3 Å². The number of hydrogen-bond acceptors (Lipinski definition) is 5. The van der Waals surface area contributed by atoms with Gasteiger partial charge in [0.2, 0.25) is 0 Å². The highest BCUT2D eigenvalue weighted by atomic mass is 32.2. The van der Waals surface area contributed by atoms with Gasteiger partial charge in [0, 0.05) is 18.2 Å². The van der Waals surface area contributed by atoms with Crippen LogP contribution in [0.5, 0.6) is 0 Å². The largest absolute Gasteiger partial charge is 0.452 e. The smallest absolute Gasteiger partial charge is 0.340 e. The van der Waals surface area contributed by atoms with E-state index < -0.39 is 10.5 Å². The molecule has 1 saturated heterocycles. The Morgan fingerprint density at radius 2 is 2.05 bits per heavy atom. The second-order valence-corrected chi connectivity index (χ2v) is 6.24. The average molecular weight is 277 g/mol. The van der Waals surface area contributed by atoms with Crippen LogP contribution >= 0.6 is 11.8 Å². The van der Waals surface area contributed by atoms with Crippen molar-refractivity contribution >= 4 is 23.4 Å². The maximum Gasteiger partial charge on any atom is 0.340 e. The molecule has 1 aromatic carbocycles. The summed E-state index contributed by atoms with van der Waals surface area (Å²) in [6.07, 6.45) is 1.69. The zero-order valence-electron chi connectivity index (χ0n) is 11.0. The Hall–Kier alpha value is -1.46. The van der Waals surface area contributed by atoms with Crippen LogP contribution in [0.2, 0.25) is 0 Å². The van der Waals surface area contributed by atoms with E-state index in [2.05, 4.69) is 5.32 Å². The van der Waals surface area contributed by atoms with E-state index in [1.807, 2.05) is 38.1 Å². The molecule has 2 aliphatic rings. The number of benzene rings is 1. The maximum atomic E-state index is 12.1. The second-order valence-electron chi connectivity index (χ2n) is 5.02. The summed E-state index contributed by atoms with van der Waals surface area (Å²) in [5.74, 6) is -0.334. The summed E-state index contributed by atoms with van der Waals surface area (Å²) in [7, 11) is 1.61. The molecule has 0 bridgehead atoms. The minimum absolute atomic E-state index is 0.334. The fourth-order valence-electron chi connectivity index (χ4n) is 2.52. The van der Waals surface area contributed by atoms with Gasteiger partial charge in [0.1, 0.15) is 5.60 Å². The SMILES string of the molecule is COC12Sc3ccccc3NC=C1C(=O)OC2(C)C. The van der Waals surface area contributed by atoms with Crippen LogP contribution in [0.3, 0.4) is 0 Å². The number of carbonyl (C=O) groups is 1. The first-order valence-electron chi connectivity index (χ1n) is 6.04. The molecule has 1 fully saturated rings. The molecule has 2 aliphatic heterocycles. The standard InChI is InChI=1S/C14H15NO3S/c1-13(2)14(17-3)9(12(16)18-13)8-15-10-6-4-5-7-11(10)19-14/h4-8,15H,1-3H3. The molecule has 5 heteroatoms. The van der Waals surface area contributed by atoms with E-state index in [0.717, 1.165) is 10.6 Å². The number of fused-ring (bicyclic) bond motifs is 2. The quantitative estimate of drug-likeness (QED) is 0.800. The zero-order chi connectivity index (χ0) is 13.7. The molecule has 0 aliphatic carbocycles. The lowest BCUT2D eigenvalue weighted by atomic mass is 9.97. The van der Waals surface area contributed by atoms with E-state index in [1.54, 1.807) is 13.3 Å². The molecule has 3 rings (SSSR count). The number of esters is 1. The molecule has 0 amide bonds. The van der Waals surface area contributed by atoms with E-state index in [0.29, 0.717) is 5.57 Å². The van der Waals surface area contributed by atoms with Crippen molar-refractivity contribution in [2.75, 3.05) is 12.4 Å². The van der Waals surface area contributed by atoms with Gasteiger partial charge in [-0.3, -0.25) is 0 Å². The van der Waals surface area contributed by atoms with Gasteiger partial charge in [0.15, 0.2) is 4.93 Å². The summed E-state index contributed by atoms with van der Waals surface area (Å²) >= 11 is 1.51. The van der Waals surface area contributed by atoms with Crippen LogP contribution in [0.15, 0.2) is 40.9 Å². The van der Waals surface area contributed by atoms with Crippen LogP contribution in [0.25, 0.3) is 0 Å². The third kappa shape index (κ3) is 1.61. The van der Waals surface area contributed by atoms with Gasteiger partial charge in [-0.25, -0.2) is 4.79 Å². The summed E-state index contributed by atoms with van der Waals surface area (Å²) < 4.78 is 11.2. The third-order valence-corrected chi connectivity index (χ3v) is 5.26. The van der Waals surface area contributed by atoms with Crippen molar-refractivity contribution in [3.05, 3.63) is 36.0 Å². The maximum absolute atomic E-state index is 12.1. The number of ether oxygens (including phenoxy) is 2. The number of cyclic esters (lactones) is 1. The molecular weight excluding hydrogens is 262 g/mol. The predicted octanol–water partition coefficient (Wildman–Crippen LogP) is 2.77. The van der Waals surface area contributed by atoms with Gasteiger partial charge in [-0.2, -0.15) is 0 Å². The Kier molecular flexibility index (Phi) is 2.66. The lowest BCUT2D eigenvalue weighted by Gasteiger charge is -2.36. The first-order valence-corrected chi connectivity index (χ1v) is 6.85. The first kappa shape index (κ1) is 12.6. The average Bonchev–Trinajstić information content (AvgIpc) is 2.52. The molecule has 1 aromatic rings. The van der Waals surface area contributed by atoms with Gasteiger partial charge in [-0.1, -0.05) is 23.9 Å². The number of carbonyl (C=O) groups excluding carboxylic acids is 1. The third-order valence-electron chi connectivity index (χ3n) is 3.52. The number of para-hydroxylation sites is 1. The van der Waals surface area contributed by atoms with E-state index in [4.69, 9.17) is 9.47 Å². The van der Waals surface area contributed by atoms with Crippen molar-refractivity contribution in [3.63, 3.8) is 0 Å². The van der Waals surface area contributed by atoms with Gasteiger partial charge in [0.05, 0.1) is 11.3 Å². The molecule has 0 radical (unpaired) electrons. The molecule has 1 unspecified atom stereocenters. The van der Waals surface area contributed by atoms with Gasteiger partial charge in [0.25, 0.3) is 0 Å². The highest BCUT2D eigenvalue weighted by molar-refractivity contribution is 8.01. The molecule has 100 valence electrons. The van der Waals surface area contributed by atoms with Crippen LogP contribution in [0.4, 0.5) is 5.69 Å². The number of rotatable bonds is 1. The Bertz CT molecular complexity index is 582. The van der Waals surface area contributed by atoms with Crippen molar-refractivity contribution in [2.24, 2.45) is 0 Å². The summed E-state index contributed by atoms with van der Waals surface area (Å²) in [5, 5.41) is 3.16. The molecule has 0 saturated carbocycles. The van der Waals surface area contributed by atoms with Crippen LogP contribution in [0.1, 0.15) is 13.8 Å². The van der Waals surface area contributed by atoms with E-state index >= 15 is 0 Å². The van der Waals surface area contributed by atoms with E-state index in [9.17, 15) is 4.79 Å². The fraction of sp³-hybridized carbons (Fsp3) is 0.357. The highest BCUT2D eigenvalue weighted by Crippen LogP contribution is 2.55. The Morgan fingerprint density at radius 3 is 2.79 bits per heavy atom. The number of thioether (sulfide) groups is 1. The Labute approximate surface area is 116 Å². The van der Waals surface area contributed by atoms with E-state index in [-0.39, 0.29) is 5.97 Å². The van der Waals surface area contributed by atoms with Crippen molar-refractivity contribution in [1.29, 1.82) is 0 Å². The first-order chi connectivity index (χ1) is 9.00. The lowest BCUT2D eigenvalue weighted by Crippen LogP contribution is -2.46. The van der Waals surface area contributed by atoms with Crippen molar-refractivity contribution in [1.82, 2.24) is 0 Å². The van der Waals surface area contributed by atoms with Gasteiger partial charge in [-0.15, -0.1) is 0 Å². The molecule has 2 heterocycles. The van der Waals surface area contributed by atoms with Crippen molar-refractivity contribution in [2.45, 2.75) is 29.3 Å². The normalized spacial score (nSPS) is 27.5. The van der Waals surface area contributed by atoms with Crippen molar-refractivity contribution in [3.8, 4) is 0 Å². The number of methoxy groups -OCH3 is 1. The minimum Gasteiger partial charge on any atom is -0.452 e. The summed E-state index contributed by atoms with van der Waals surface area (Å²) in [6.45, 7) is 3.74. The second kappa shape index (κ2) is 4.02. The van der Waals surface area contributed by atoms with Gasteiger partial charge in [-0.05, 0) is 26.0 Å². The monoisotopic (exact) mass is 277 g/mol. The summed E-state index contributed by atoms with van der Waals surface area (Å²) in [5.41, 5.74) is 0.754. The zero-order valence-corrected chi connectivity index (χ0v) is 11.8. The molecule has 1 N–H and O–H groups in total. The van der Waals surface area contributed by atoms with E-state index in [1.165, 1.54) is 11.8 Å². The molecule has 19 heavy (non-hydrogen) atoms. The van der Waals surface area contributed by atoms with Gasteiger partial charge >= 0.3 is 5.97 Å². The lowest BCUT2D eigenvalue weighted by molar-refractivity contribution is -0.148. The minimum atomic E-state index is -0.830. The molecular formula is C14H15NO3S. The number of hydrogen-bond donors (Lipinski definition) is 1. The van der Waals surface area contributed by atoms with Crippen LogP contribution < -0.4 is 5.32 Å². The van der Waals surface area contributed by atoms with Gasteiger partial charge < -0.3 is 14.8 Å². The highest BCUT2D eigenvalue weighted by Gasteiger charge is 2.61. The van der Waals surface area contributed by atoms with Crippen LogP contribution in [0, 0.1) is 0 Å². The number of anilines is 1. The molecule has 0 aromatic heterocycles. The number of nitrogens with one attached hydrogen (secondary N) is 1. The van der Waals surface area contributed by atoms with Crippen LogP contribution in [-0.4, -0.2) is 23.6 Å². The Morgan fingerprint density at radius 1 is 1.32 bits per heavy atom. The molecule has 0 spiro atoms.